The van der Waals surface area contributed by atoms with Crippen molar-refractivity contribution in [3.8, 4) is 0 Å². The van der Waals surface area contributed by atoms with E-state index in [1.165, 1.54) is 21.2 Å². The number of thiol groups is 1. The molecule has 2 heteroatoms. The maximum absolute atomic E-state index is 2.29. The van der Waals surface area contributed by atoms with E-state index < -0.39 is 0 Å². The van der Waals surface area contributed by atoms with Gasteiger partial charge in [0, 0.05) is 4.20 Å². The lowest BCUT2D eigenvalue weighted by Crippen LogP contribution is -2.13. The van der Waals surface area contributed by atoms with Gasteiger partial charge in [0.1, 0.15) is 0 Å². The van der Waals surface area contributed by atoms with E-state index in [1.54, 1.807) is 4.20 Å². The van der Waals surface area contributed by atoms with Crippen LogP contribution in [0, 0.1) is 5.41 Å². The first-order valence-electron chi connectivity index (χ1n) is 3.86. The molecule has 1 rings (SSSR count). The van der Waals surface area contributed by atoms with Crippen molar-refractivity contribution >= 4 is 27.3 Å². The molecule has 0 amide bonds. The molecule has 1 aliphatic rings. The largest absolute Gasteiger partial charge is 0.162 e. The molecule has 0 spiro atoms. The monoisotopic (exact) mass is 188 g/mol. The predicted molar refractivity (Wildman–Crippen MR) is 59.4 cm³/mol. The molecule has 0 nitrogen and oxygen atoms in total. The Morgan fingerprint density at radius 1 is 1.18 bits per heavy atom. The number of hydrogen-bond donors (Lipinski definition) is 1. The summed E-state index contributed by atoms with van der Waals surface area (Å²) in [6, 6.07) is 0. The summed E-state index contributed by atoms with van der Waals surface area (Å²) in [5.74, 6) is 0. The lowest BCUT2D eigenvalue weighted by atomic mass is 10.0. The summed E-state index contributed by atoms with van der Waals surface area (Å²) in [5.41, 5.74) is 0.366. The first kappa shape index (κ1) is 9.40. The van der Waals surface area contributed by atoms with Gasteiger partial charge in [-0.2, -0.15) is 11.4 Å². The number of hydrogen-bond acceptors (Lipinski definition) is 1. The molecule has 0 saturated carbocycles. The van der Waals surface area contributed by atoms with Crippen LogP contribution in [-0.4, -0.2) is 4.20 Å². The second-order valence-corrected chi connectivity index (χ2v) is 6.78. The maximum Gasteiger partial charge on any atom is 0.0195 e. The average molecular weight is 188 g/mol. The van der Waals surface area contributed by atoms with Crippen LogP contribution in [0.2, 0.25) is 0 Å². The summed E-state index contributed by atoms with van der Waals surface area (Å²) in [6.07, 6.45) is 0. The van der Waals surface area contributed by atoms with E-state index in [9.17, 15) is 0 Å². The second-order valence-electron chi connectivity index (χ2n) is 3.91. The van der Waals surface area contributed by atoms with E-state index in [-0.39, 0.29) is 0 Å². The van der Waals surface area contributed by atoms with Gasteiger partial charge in [0.05, 0.1) is 0 Å². The lowest BCUT2D eigenvalue weighted by Gasteiger charge is -2.18. The Hall–Kier alpha value is 0.310. The Balaban J connectivity index is 2.80. The average Bonchev–Trinajstić information content (AvgIpc) is 2.11. The van der Waals surface area contributed by atoms with Gasteiger partial charge in [-0.15, -0.1) is 0 Å². The van der Waals surface area contributed by atoms with Crippen LogP contribution in [0.15, 0.2) is 9.81 Å². The molecule has 11 heavy (non-hydrogen) atoms. The standard InChI is InChI=1S/C9H16S2/c1-6-7(2)11-8(10-6)9(3,4)5/h10H,1-5H3. The minimum Gasteiger partial charge on any atom is -0.162 e. The number of allylic oxidation sites excluding steroid dienone is 2. The summed E-state index contributed by atoms with van der Waals surface area (Å²) >= 11 is 3.42. The molecular weight excluding hydrogens is 172 g/mol. The third kappa shape index (κ3) is 2.12. The highest BCUT2D eigenvalue weighted by atomic mass is 32.2. The van der Waals surface area contributed by atoms with Crippen molar-refractivity contribution in [3.63, 3.8) is 0 Å². The molecule has 0 aromatic rings. The molecule has 0 aromatic heterocycles. The lowest BCUT2D eigenvalue weighted by molar-refractivity contribution is 0.610. The fourth-order valence-corrected chi connectivity index (χ4v) is 3.61. The molecular formula is C9H16S2. The molecule has 0 N–H and O–H groups in total. The van der Waals surface area contributed by atoms with Crippen LogP contribution in [0.3, 0.4) is 0 Å². The van der Waals surface area contributed by atoms with E-state index in [2.05, 4.69) is 34.6 Å². The topological polar surface area (TPSA) is 0 Å². The zero-order valence-electron chi connectivity index (χ0n) is 7.86. The van der Waals surface area contributed by atoms with Gasteiger partial charge in [-0.1, -0.05) is 32.5 Å². The highest BCUT2D eigenvalue weighted by Crippen LogP contribution is 2.41. The van der Waals surface area contributed by atoms with Crippen molar-refractivity contribution in [2.24, 2.45) is 5.41 Å². The van der Waals surface area contributed by atoms with Crippen LogP contribution in [0.5, 0.6) is 0 Å². The molecule has 0 aliphatic carbocycles. The highest BCUT2D eigenvalue weighted by Gasteiger charge is 2.22. The number of thioether (sulfide) groups is 1. The van der Waals surface area contributed by atoms with Gasteiger partial charge in [-0.3, -0.25) is 0 Å². The van der Waals surface area contributed by atoms with Crippen molar-refractivity contribution in [2.45, 2.75) is 34.6 Å². The third-order valence-corrected chi connectivity index (χ3v) is 5.33. The zero-order valence-corrected chi connectivity index (χ0v) is 9.57. The van der Waals surface area contributed by atoms with E-state index in [0.29, 0.717) is 5.41 Å². The van der Waals surface area contributed by atoms with Crippen LogP contribution in [-0.2, 0) is 0 Å². The van der Waals surface area contributed by atoms with E-state index >= 15 is 0 Å². The quantitative estimate of drug-likeness (QED) is 0.447. The fourth-order valence-electron chi connectivity index (χ4n) is 0.794. The Morgan fingerprint density at radius 2 is 1.73 bits per heavy atom. The molecule has 0 radical (unpaired) electrons. The Bertz CT molecular complexity index is 228. The SMILES string of the molecule is CC1=C(C)[SH]=C(C(C)(C)C)S1. The first-order valence-corrected chi connectivity index (χ1v) is 5.57. The fraction of sp³-hybridized carbons (Fsp3) is 0.667. The van der Waals surface area contributed by atoms with Crippen molar-refractivity contribution in [1.82, 2.24) is 0 Å². The van der Waals surface area contributed by atoms with Crippen LogP contribution in [0.1, 0.15) is 34.6 Å². The summed E-state index contributed by atoms with van der Waals surface area (Å²) in [6.45, 7) is 11.3. The smallest absolute Gasteiger partial charge is 0.0195 e. The molecule has 0 unspecified atom stereocenters. The summed E-state index contributed by atoms with van der Waals surface area (Å²) < 4.78 is 1.59. The highest BCUT2D eigenvalue weighted by molar-refractivity contribution is 8.32. The van der Waals surface area contributed by atoms with Gasteiger partial charge >= 0.3 is 0 Å². The molecule has 1 heterocycles. The zero-order chi connectivity index (χ0) is 8.65. The van der Waals surface area contributed by atoms with E-state index in [0.717, 1.165) is 0 Å². The van der Waals surface area contributed by atoms with Crippen LogP contribution in [0.4, 0.5) is 0 Å². The number of rotatable bonds is 0. The predicted octanol–water partition coefficient (Wildman–Crippen LogP) is 3.63. The Labute approximate surface area is 77.4 Å². The Morgan fingerprint density at radius 3 is 1.91 bits per heavy atom. The molecule has 0 fully saturated rings. The van der Waals surface area contributed by atoms with E-state index in [4.69, 9.17) is 0 Å². The van der Waals surface area contributed by atoms with Gasteiger partial charge in [-0.05, 0) is 29.1 Å². The van der Waals surface area contributed by atoms with Crippen molar-refractivity contribution in [3.05, 3.63) is 9.81 Å². The summed E-state index contributed by atoms with van der Waals surface area (Å²) in [4.78, 5) is 3.02. The second kappa shape index (κ2) is 2.98. The molecule has 64 valence electrons. The van der Waals surface area contributed by atoms with Crippen LogP contribution < -0.4 is 0 Å². The normalized spacial score (nSPS) is 19.9. The molecule has 0 atom stereocenters. The molecule has 0 aromatic carbocycles. The first-order chi connectivity index (χ1) is 4.91. The molecule has 0 saturated heterocycles. The van der Waals surface area contributed by atoms with Gasteiger partial charge in [-0.25, -0.2) is 0 Å². The van der Waals surface area contributed by atoms with E-state index in [1.807, 2.05) is 11.8 Å². The van der Waals surface area contributed by atoms with Crippen molar-refractivity contribution in [1.29, 1.82) is 0 Å². The van der Waals surface area contributed by atoms with Crippen LogP contribution in [0.25, 0.3) is 0 Å². The summed E-state index contributed by atoms with van der Waals surface area (Å²) in [5, 5.41) is 0. The van der Waals surface area contributed by atoms with Gasteiger partial charge in [0.2, 0.25) is 0 Å². The summed E-state index contributed by atoms with van der Waals surface area (Å²) in [7, 11) is 0. The minimum atomic E-state index is 0.366. The Kier molecular flexibility index (Phi) is 2.55. The maximum atomic E-state index is 2.29. The molecule has 1 aliphatic heterocycles. The van der Waals surface area contributed by atoms with Gasteiger partial charge in [0.15, 0.2) is 0 Å². The minimum absolute atomic E-state index is 0.366. The van der Waals surface area contributed by atoms with Crippen LogP contribution >= 0.6 is 23.1 Å². The third-order valence-electron chi connectivity index (χ3n) is 1.67. The molecule has 0 bridgehead atoms. The van der Waals surface area contributed by atoms with Gasteiger partial charge < -0.3 is 0 Å². The van der Waals surface area contributed by atoms with Gasteiger partial charge in [0.25, 0.3) is 0 Å². The van der Waals surface area contributed by atoms with Crippen molar-refractivity contribution in [2.75, 3.05) is 0 Å². The van der Waals surface area contributed by atoms with Crippen molar-refractivity contribution < 1.29 is 0 Å².